The molecule has 44 heavy (non-hydrogen) atoms. The Morgan fingerprint density at radius 1 is 0.659 bits per heavy atom. The number of carbonyl (C=O) groups excluding carboxylic acids is 2. The molecule has 8 nitrogen and oxygen atoms in total. The zero-order valence-electron chi connectivity index (χ0n) is 28.4. The maximum atomic E-state index is 12.4. The largest absolute Gasteiger partial charge is 0.461 e. The van der Waals surface area contributed by atoms with Crippen molar-refractivity contribution in [2.75, 3.05) is 39.4 Å². The molecule has 246 valence electrons. The lowest BCUT2D eigenvalue weighted by Crippen LogP contribution is -2.21. The number of ether oxygens (including phenoxy) is 2. The quantitative estimate of drug-likeness (QED) is 0.0338. The Balaban J connectivity index is 4.77. The third-order valence-corrected chi connectivity index (χ3v) is 7.74. The van der Waals surface area contributed by atoms with Gasteiger partial charge in [-0.05, 0) is 88.1 Å². The van der Waals surface area contributed by atoms with Gasteiger partial charge < -0.3 is 19.3 Å². The van der Waals surface area contributed by atoms with Crippen LogP contribution >= 0.6 is 0 Å². The second-order valence-corrected chi connectivity index (χ2v) is 11.1. The van der Waals surface area contributed by atoms with Gasteiger partial charge in [0.25, 0.3) is 0 Å². The van der Waals surface area contributed by atoms with E-state index in [1.807, 2.05) is 24.5 Å². The van der Waals surface area contributed by atoms with Gasteiger partial charge in [0, 0.05) is 26.2 Å². The zero-order chi connectivity index (χ0) is 33.0. The summed E-state index contributed by atoms with van der Waals surface area (Å²) in [6, 6.07) is 3.92. The molecule has 0 N–H and O–H groups in total. The van der Waals surface area contributed by atoms with Crippen molar-refractivity contribution < 1.29 is 19.1 Å². The highest BCUT2D eigenvalue weighted by Gasteiger charge is 2.15. The monoisotopic (exact) mass is 610 g/mol. The van der Waals surface area contributed by atoms with E-state index in [1.54, 1.807) is 12.2 Å². The first kappa shape index (κ1) is 40.5. The maximum Gasteiger partial charge on any atom is 0.348 e. The Morgan fingerprint density at radius 2 is 1.05 bits per heavy atom. The summed E-state index contributed by atoms with van der Waals surface area (Å²) in [7, 11) is 0. The summed E-state index contributed by atoms with van der Waals surface area (Å²) in [6.45, 7) is 16.6. The second-order valence-electron chi connectivity index (χ2n) is 11.1. The summed E-state index contributed by atoms with van der Waals surface area (Å²) < 4.78 is 10.8. The Morgan fingerprint density at radius 3 is 1.34 bits per heavy atom. The summed E-state index contributed by atoms with van der Waals surface area (Å²) in [5, 5.41) is 18.8. The molecule has 0 amide bonds. The molecule has 0 aromatic rings. The van der Waals surface area contributed by atoms with E-state index in [0.717, 1.165) is 90.4 Å². The molecule has 0 heterocycles. The van der Waals surface area contributed by atoms with Crippen molar-refractivity contribution in [1.82, 2.24) is 9.80 Å². The minimum Gasteiger partial charge on any atom is -0.461 e. The van der Waals surface area contributed by atoms with Crippen molar-refractivity contribution in [3.05, 3.63) is 47.9 Å². The zero-order valence-corrected chi connectivity index (χ0v) is 28.4. The van der Waals surface area contributed by atoms with Crippen LogP contribution in [0.2, 0.25) is 0 Å². The summed E-state index contributed by atoms with van der Waals surface area (Å²) in [5.74, 6) is -0.468. The lowest BCUT2D eigenvalue weighted by atomic mass is 10.0. The molecular weight excluding hydrogens is 552 g/mol. The SMILES string of the molecule is CCCCC(CC)COC(=O)/C(C#N)=C\C=C\N(CC)CCCCN(/C=C/C=C(/C#N)C(=O)OCC(CC)CCCC)CC. The van der Waals surface area contributed by atoms with Crippen molar-refractivity contribution in [3.63, 3.8) is 0 Å². The summed E-state index contributed by atoms with van der Waals surface area (Å²) >= 11 is 0. The van der Waals surface area contributed by atoms with Gasteiger partial charge in [0.1, 0.15) is 23.3 Å². The molecule has 0 aliphatic rings. The average molecular weight is 611 g/mol. The van der Waals surface area contributed by atoms with Crippen LogP contribution in [0.15, 0.2) is 47.9 Å². The van der Waals surface area contributed by atoms with Gasteiger partial charge in [0.2, 0.25) is 0 Å². The molecule has 0 saturated heterocycles. The normalized spacial score (nSPS) is 13.4. The van der Waals surface area contributed by atoms with Gasteiger partial charge in [-0.15, -0.1) is 0 Å². The molecule has 0 radical (unpaired) electrons. The number of nitriles is 2. The van der Waals surface area contributed by atoms with Crippen molar-refractivity contribution in [1.29, 1.82) is 10.5 Å². The first-order chi connectivity index (χ1) is 21.3. The topological polar surface area (TPSA) is 107 Å². The third-order valence-electron chi connectivity index (χ3n) is 7.74. The minimum atomic E-state index is -0.566. The first-order valence-corrected chi connectivity index (χ1v) is 16.7. The molecule has 0 fully saturated rings. The number of allylic oxidation sites excluding steroid dienone is 4. The molecule has 0 rings (SSSR count). The molecule has 8 heteroatoms. The first-order valence-electron chi connectivity index (χ1n) is 16.7. The number of unbranched alkanes of at least 4 members (excludes halogenated alkanes) is 3. The van der Waals surface area contributed by atoms with Gasteiger partial charge in [-0.2, -0.15) is 10.5 Å². The smallest absolute Gasteiger partial charge is 0.348 e. The molecule has 0 spiro atoms. The predicted octanol–water partition coefficient (Wildman–Crippen LogP) is 7.86. The van der Waals surface area contributed by atoms with Crippen LogP contribution in [-0.2, 0) is 19.1 Å². The standard InChI is InChI=1S/C36H58N4O4/c1-7-13-19-31(9-3)29-43-35(41)33(27-37)21-17-25-39(11-5)23-15-16-24-40(12-6)26-18-22-34(28-38)36(42)44-30-32(10-4)20-14-8-2/h17-18,21-22,25-26,31-32H,7-16,19-20,23-24,29-30H2,1-6H3/b25-17+,26-18+,33-21-,34-22-. The molecular formula is C36H58N4O4. The Kier molecular flexibility index (Phi) is 24.9. The number of hydrogen-bond donors (Lipinski definition) is 0. The summed E-state index contributed by atoms with van der Waals surface area (Å²) in [5.41, 5.74) is 0.0130. The minimum absolute atomic E-state index is 0.00650. The van der Waals surface area contributed by atoms with E-state index in [4.69, 9.17) is 9.47 Å². The van der Waals surface area contributed by atoms with E-state index in [-0.39, 0.29) is 11.1 Å². The Bertz CT molecular complexity index is 923. The van der Waals surface area contributed by atoms with Crippen LogP contribution in [0.4, 0.5) is 0 Å². The van der Waals surface area contributed by atoms with Crippen molar-refractivity contribution in [3.8, 4) is 12.1 Å². The average Bonchev–Trinajstić information content (AvgIpc) is 3.04. The highest BCUT2D eigenvalue weighted by Crippen LogP contribution is 2.15. The summed E-state index contributed by atoms with van der Waals surface area (Å²) in [4.78, 5) is 29.0. The number of esters is 2. The van der Waals surface area contributed by atoms with E-state index in [1.165, 1.54) is 12.2 Å². The predicted molar refractivity (Wildman–Crippen MR) is 178 cm³/mol. The van der Waals surface area contributed by atoms with Crippen LogP contribution in [0, 0.1) is 34.5 Å². The fraction of sp³-hybridized carbons (Fsp3) is 0.667. The molecule has 0 saturated carbocycles. The molecule has 0 aromatic heterocycles. The molecule has 0 bridgehead atoms. The number of carbonyl (C=O) groups is 2. The van der Waals surface area contributed by atoms with E-state index in [9.17, 15) is 20.1 Å². The van der Waals surface area contributed by atoms with E-state index in [2.05, 4.69) is 51.3 Å². The van der Waals surface area contributed by atoms with Gasteiger partial charge in [0.15, 0.2) is 0 Å². The van der Waals surface area contributed by atoms with Gasteiger partial charge >= 0.3 is 11.9 Å². The third kappa shape index (κ3) is 18.9. The van der Waals surface area contributed by atoms with Gasteiger partial charge in [0.05, 0.1) is 13.2 Å². The summed E-state index contributed by atoms with van der Waals surface area (Å²) in [6.07, 6.45) is 20.6. The fourth-order valence-corrected chi connectivity index (χ4v) is 4.47. The Labute approximate surface area is 268 Å². The van der Waals surface area contributed by atoms with E-state index >= 15 is 0 Å². The van der Waals surface area contributed by atoms with E-state index < -0.39 is 11.9 Å². The van der Waals surface area contributed by atoms with Gasteiger partial charge in [-0.25, -0.2) is 9.59 Å². The molecule has 2 unspecified atom stereocenters. The maximum absolute atomic E-state index is 12.4. The van der Waals surface area contributed by atoms with Crippen LogP contribution in [0.5, 0.6) is 0 Å². The number of nitrogens with zero attached hydrogens (tertiary/aromatic N) is 4. The van der Waals surface area contributed by atoms with Gasteiger partial charge in [-0.3, -0.25) is 0 Å². The number of hydrogen-bond acceptors (Lipinski definition) is 8. The van der Waals surface area contributed by atoms with Crippen molar-refractivity contribution >= 4 is 11.9 Å². The van der Waals surface area contributed by atoms with Gasteiger partial charge in [-0.1, -0.05) is 66.2 Å². The van der Waals surface area contributed by atoms with E-state index in [0.29, 0.717) is 25.0 Å². The Hall–Kier alpha value is -3.52. The van der Waals surface area contributed by atoms with Crippen molar-refractivity contribution in [2.24, 2.45) is 11.8 Å². The van der Waals surface area contributed by atoms with Crippen LogP contribution in [0.3, 0.4) is 0 Å². The number of rotatable bonds is 25. The van der Waals surface area contributed by atoms with Crippen LogP contribution in [0.25, 0.3) is 0 Å². The highest BCUT2D eigenvalue weighted by atomic mass is 16.5. The van der Waals surface area contributed by atoms with Crippen LogP contribution in [0.1, 0.15) is 106 Å². The highest BCUT2D eigenvalue weighted by molar-refractivity contribution is 5.93. The van der Waals surface area contributed by atoms with Crippen molar-refractivity contribution in [2.45, 2.75) is 106 Å². The molecule has 0 aromatic carbocycles. The molecule has 0 aliphatic carbocycles. The fourth-order valence-electron chi connectivity index (χ4n) is 4.47. The molecule has 0 aliphatic heterocycles. The lowest BCUT2D eigenvalue weighted by Gasteiger charge is -2.21. The molecule has 2 atom stereocenters. The second kappa shape index (κ2) is 27.1. The van der Waals surface area contributed by atoms with Crippen LogP contribution < -0.4 is 0 Å². The lowest BCUT2D eigenvalue weighted by molar-refractivity contribution is -0.140. The van der Waals surface area contributed by atoms with Crippen LogP contribution in [-0.4, -0.2) is 61.1 Å².